The number of fused-ring (bicyclic) bond motifs is 1. The van der Waals surface area contributed by atoms with E-state index in [0.717, 1.165) is 17.7 Å². The van der Waals surface area contributed by atoms with E-state index in [1.54, 1.807) is 42.4 Å². The number of carbonyl (C=O) groups excluding carboxylic acids is 2. The zero-order valence-electron chi connectivity index (χ0n) is 11.7. The lowest BCUT2D eigenvalue weighted by Gasteiger charge is -2.15. The fourth-order valence-electron chi connectivity index (χ4n) is 2.48. The van der Waals surface area contributed by atoms with Crippen molar-refractivity contribution in [1.82, 2.24) is 0 Å². The standard InChI is InChI=1S/C17H15NO3/c1-12(19)13-4-6-16-14(11-13)8-9-18(16)17(20)7-5-15-3-2-10-21-15/h2-7,10-11H,8-9H2,1H3/b7-5+. The summed E-state index contributed by atoms with van der Waals surface area (Å²) in [5, 5.41) is 0. The molecule has 1 aromatic carbocycles. The number of Topliss-reactive ketones (excluding diaryl/α,β-unsaturated/α-hetero) is 1. The summed E-state index contributed by atoms with van der Waals surface area (Å²) in [6.07, 6.45) is 5.51. The smallest absolute Gasteiger partial charge is 0.251 e. The lowest BCUT2D eigenvalue weighted by molar-refractivity contribution is -0.114. The Balaban J connectivity index is 1.81. The second-order valence-electron chi connectivity index (χ2n) is 4.99. The van der Waals surface area contributed by atoms with Crippen molar-refractivity contribution in [3.63, 3.8) is 0 Å². The summed E-state index contributed by atoms with van der Waals surface area (Å²) in [7, 11) is 0. The quantitative estimate of drug-likeness (QED) is 0.641. The number of furan rings is 1. The summed E-state index contributed by atoms with van der Waals surface area (Å²) >= 11 is 0. The van der Waals surface area contributed by atoms with Gasteiger partial charge in [-0.3, -0.25) is 9.59 Å². The summed E-state index contributed by atoms with van der Waals surface area (Å²) < 4.78 is 5.16. The first kappa shape index (κ1) is 13.4. The van der Waals surface area contributed by atoms with Crippen molar-refractivity contribution >= 4 is 23.5 Å². The van der Waals surface area contributed by atoms with E-state index in [0.29, 0.717) is 17.9 Å². The van der Waals surface area contributed by atoms with Crippen molar-refractivity contribution in [1.29, 1.82) is 0 Å². The summed E-state index contributed by atoms with van der Waals surface area (Å²) in [4.78, 5) is 25.4. The van der Waals surface area contributed by atoms with E-state index in [-0.39, 0.29) is 11.7 Å². The highest BCUT2D eigenvalue weighted by atomic mass is 16.3. The molecule has 0 fully saturated rings. The number of anilines is 1. The van der Waals surface area contributed by atoms with E-state index in [1.165, 1.54) is 6.08 Å². The molecule has 0 bridgehead atoms. The molecule has 0 spiro atoms. The van der Waals surface area contributed by atoms with Crippen molar-refractivity contribution in [2.75, 3.05) is 11.4 Å². The van der Waals surface area contributed by atoms with E-state index in [1.807, 2.05) is 12.1 Å². The van der Waals surface area contributed by atoms with Crippen LogP contribution in [0.5, 0.6) is 0 Å². The third kappa shape index (κ3) is 2.65. The van der Waals surface area contributed by atoms with Crippen molar-refractivity contribution in [3.05, 3.63) is 59.6 Å². The predicted molar refractivity (Wildman–Crippen MR) is 80.2 cm³/mol. The minimum Gasteiger partial charge on any atom is -0.465 e. The molecule has 21 heavy (non-hydrogen) atoms. The maximum atomic E-state index is 12.3. The highest BCUT2D eigenvalue weighted by Crippen LogP contribution is 2.29. The monoisotopic (exact) mass is 281 g/mol. The van der Waals surface area contributed by atoms with Crippen LogP contribution in [0.4, 0.5) is 5.69 Å². The van der Waals surface area contributed by atoms with Crippen LogP contribution in [-0.4, -0.2) is 18.2 Å². The molecule has 1 amide bonds. The maximum Gasteiger partial charge on any atom is 0.251 e. The summed E-state index contributed by atoms with van der Waals surface area (Å²) in [6.45, 7) is 2.18. The molecular formula is C17H15NO3. The van der Waals surface area contributed by atoms with Crippen LogP contribution in [0.1, 0.15) is 28.6 Å². The SMILES string of the molecule is CC(=O)c1ccc2c(c1)CCN2C(=O)/C=C/c1ccco1. The van der Waals surface area contributed by atoms with Crippen LogP contribution in [0.3, 0.4) is 0 Å². The van der Waals surface area contributed by atoms with Gasteiger partial charge in [-0.05, 0) is 55.3 Å². The molecule has 0 N–H and O–H groups in total. The molecule has 1 aliphatic heterocycles. The highest BCUT2D eigenvalue weighted by Gasteiger charge is 2.23. The van der Waals surface area contributed by atoms with Gasteiger partial charge in [0.1, 0.15) is 5.76 Å². The minimum atomic E-state index is -0.0827. The van der Waals surface area contributed by atoms with Crippen LogP contribution in [0.2, 0.25) is 0 Å². The number of hydrogen-bond donors (Lipinski definition) is 0. The van der Waals surface area contributed by atoms with Gasteiger partial charge in [-0.2, -0.15) is 0 Å². The number of amides is 1. The molecule has 1 aromatic heterocycles. The van der Waals surface area contributed by atoms with Gasteiger partial charge in [0, 0.05) is 23.9 Å². The van der Waals surface area contributed by atoms with E-state index in [2.05, 4.69) is 0 Å². The number of benzene rings is 1. The van der Waals surface area contributed by atoms with Crippen LogP contribution in [-0.2, 0) is 11.2 Å². The summed E-state index contributed by atoms with van der Waals surface area (Å²) in [5.74, 6) is 0.607. The Morgan fingerprint density at radius 2 is 2.14 bits per heavy atom. The average molecular weight is 281 g/mol. The molecule has 4 heteroatoms. The van der Waals surface area contributed by atoms with Gasteiger partial charge in [0.15, 0.2) is 5.78 Å². The van der Waals surface area contributed by atoms with Crippen LogP contribution in [0, 0.1) is 0 Å². The van der Waals surface area contributed by atoms with Crippen LogP contribution >= 0.6 is 0 Å². The Hall–Kier alpha value is -2.62. The second-order valence-corrected chi connectivity index (χ2v) is 4.99. The van der Waals surface area contributed by atoms with E-state index in [4.69, 9.17) is 4.42 Å². The molecule has 1 aliphatic rings. The Morgan fingerprint density at radius 3 is 2.86 bits per heavy atom. The van der Waals surface area contributed by atoms with Gasteiger partial charge in [-0.1, -0.05) is 0 Å². The summed E-state index contributed by atoms with van der Waals surface area (Å²) in [5.41, 5.74) is 2.62. The largest absolute Gasteiger partial charge is 0.465 e. The summed E-state index contributed by atoms with van der Waals surface area (Å²) in [6, 6.07) is 9.06. The molecule has 2 aromatic rings. The number of nitrogens with zero attached hydrogens (tertiary/aromatic N) is 1. The van der Waals surface area contributed by atoms with Gasteiger partial charge in [0.2, 0.25) is 0 Å². The van der Waals surface area contributed by atoms with Crippen molar-refractivity contribution in [2.24, 2.45) is 0 Å². The van der Waals surface area contributed by atoms with Crippen LogP contribution in [0.25, 0.3) is 6.08 Å². The molecule has 0 atom stereocenters. The predicted octanol–water partition coefficient (Wildman–Crippen LogP) is 3.08. The van der Waals surface area contributed by atoms with Crippen molar-refractivity contribution in [3.8, 4) is 0 Å². The molecule has 106 valence electrons. The molecule has 4 nitrogen and oxygen atoms in total. The molecule has 3 rings (SSSR count). The molecule has 0 unspecified atom stereocenters. The zero-order valence-corrected chi connectivity index (χ0v) is 11.7. The van der Waals surface area contributed by atoms with Crippen LogP contribution in [0.15, 0.2) is 47.1 Å². The van der Waals surface area contributed by atoms with Gasteiger partial charge in [0.25, 0.3) is 5.91 Å². The zero-order chi connectivity index (χ0) is 14.8. The number of hydrogen-bond acceptors (Lipinski definition) is 3. The Bertz CT molecular complexity index is 714. The van der Waals surface area contributed by atoms with Crippen molar-refractivity contribution < 1.29 is 14.0 Å². The third-order valence-corrected chi connectivity index (χ3v) is 3.58. The molecule has 0 aliphatic carbocycles. The molecule has 0 saturated carbocycles. The van der Waals surface area contributed by atoms with Gasteiger partial charge in [-0.15, -0.1) is 0 Å². The van der Waals surface area contributed by atoms with E-state index in [9.17, 15) is 9.59 Å². The second kappa shape index (κ2) is 5.40. The highest BCUT2D eigenvalue weighted by molar-refractivity contribution is 6.05. The molecule has 2 heterocycles. The lowest BCUT2D eigenvalue weighted by Crippen LogP contribution is -2.26. The third-order valence-electron chi connectivity index (χ3n) is 3.58. The van der Waals surface area contributed by atoms with Crippen LogP contribution < -0.4 is 4.90 Å². The van der Waals surface area contributed by atoms with E-state index >= 15 is 0 Å². The first-order valence-corrected chi connectivity index (χ1v) is 6.82. The first-order chi connectivity index (χ1) is 10.1. The fraction of sp³-hybridized carbons (Fsp3) is 0.176. The number of rotatable bonds is 3. The van der Waals surface area contributed by atoms with Crippen molar-refractivity contribution in [2.45, 2.75) is 13.3 Å². The van der Waals surface area contributed by atoms with E-state index < -0.39 is 0 Å². The topological polar surface area (TPSA) is 50.5 Å². The normalized spacial score (nSPS) is 13.7. The first-order valence-electron chi connectivity index (χ1n) is 6.82. The molecule has 0 radical (unpaired) electrons. The maximum absolute atomic E-state index is 12.3. The van der Waals surface area contributed by atoms with Gasteiger partial charge in [0.05, 0.1) is 6.26 Å². The minimum absolute atomic E-state index is 0.0419. The van der Waals surface area contributed by atoms with Gasteiger partial charge < -0.3 is 9.32 Å². The number of ketones is 1. The fourth-order valence-corrected chi connectivity index (χ4v) is 2.48. The Kier molecular flexibility index (Phi) is 3.44. The Morgan fingerprint density at radius 1 is 1.29 bits per heavy atom. The Labute approximate surface area is 122 Å². The number of carbonyl (C=O) groups is 2. The molecular weight excluding hydrogens is 266 g/mol. The average Bonchev–Trinajstić information content (AvgIpc) is 3.13. The van der Waals surface area contributed by atoms with Gasteiger partial charge >= 0.3 is 0 Å². The molecule has 0 saturated heterocycles. The van der Waals surface area contributed by atoms with Gasteiger partial charge in [-0.25, -0.2) is 0 Å². The lowest BCUT2D eigenvalue weighted by atomic mass is 10.1.